The predicted octanol–water partition coefficient (Wildman–Crippen LogP) is -1.74. The van der Waals surface area contributed by atoms with Gasteiger partial charge < -0.3 is 93.0 Å². The maximum Gasteiger partial charge on any atom is 0.338 e. The second kappa shape index (κ2) is 22.6. The maximum absolute atomic E-state index is 15.0. The summed E-state index contributed by atoms with van der Waals surface area (Å²) in [5.74, 6) is -8.97. The van der Waals surface area contributed by atoms with Crippen molar-refractivity contribution in [1.82, 2.24) is 0 Å². The molecule has 0 aromatic heterocycles. The second-order valence-corrected chi connectivity index (χ2v) is 16.9. The fourth-order valence-corrected chi connectivity index (χ4v) is 8.82. The summed E-state index contributed by atoms with van der Waals surface area (Å²) in [6, 6.07) is 11.1. The molecule has 4 fully saturated rings. The number of para-hydroxylation sites is 1. The van der Waals surface area contributed by atoms with E-state index in [9.17, 15) is 60.0 Å². The van der Waals surface area contributed by atoms with Crippen molar-refractivity contribution in [3.63, 3.8) is 0 Å². The Morgan fingerprint density at radius 1 is 0.729 bits per heavy atom. The Hall–Kier alpha value is -5.61. The molecule has 5 heterocycles. The number of aliphatic hydroxyl groups excluding tert-OH is 7. The highest BCUT2D eigenvalue weighted by molar-refractivity contribution is 6.02. The summed E-state index contributed by atoms with van der Waals surface area (Å²) in [7, 11) is 0. The number of aromatic hydroxyl groups is 1. The quantitative estimate of drug-likeness (QED) is 0.0401. The van der Waals surface area contributed by atoms with Crippen molar-refractivity contribution >= 4 is 29.7 Å². The topological polar surface area (TPSA) is 349 Å². The lowest BCUT2D eigenvalue weighted by molar-refractivity contribution is -0.352. The lowest BCUT2D eigenvalue weighted by Crippen LogP contribution is -2.65. The molecule has 2 aromatic rings. The molecule has 0 spiro atoms. The van der Waals surface area contributed by atoms with Crippen LogP contribution in [0.25, 0.3) is 0 Å². The summed E-state index contributed by atoms with van der Waals surface area (Å²) in [5.41, 5.74) is -0.316. The third-order valence-corrected chi connectivity index (χ3v) is 12.4. The van der Waals surface area contributed by atoms with Gasteiger partial charge in [-0.05, 0) is 30.7 Å². The van der Waals surface area contributed by atoms with Crippen LogP contribution >= 0.6 is 0 Å². The second-order valence-electron chi connectivity index (χ2n) is 16.9. The zero-order valence-corrected chi connectivity index (χ0v) is 37.5. The molecule has 0 aliphatic carbocycles. The average molecular weight is 991 g/mol. The molecule has 4 saturated heterocycles. The first-order valence-electron chi connectivity index (χ1n) is 22.1. The van der Waals surface area contributed by atoms with Gasteiger partial charge in [0, 0.05) is 25.7 Å². The predicted molar refractivity (Wildman–Crippen MR) is 226 cm³/mol. The number of ketones is 1. The van der Waals surface area contributed by atoms with Gasteiger partial charge in [0.25, 0.3) is 0 Å². The van der Waals surface area contributed by atoms with E-state index in [1.165, 1.54) is 24.3 Å². The summed E-state index contributed by atoms with van der Waals surface area (Å²) >= 11 is 0. The van der Waals surface area contributed by atoms with Crippen LogP contribution in [0.5, 0.6) is 11.5 Å². The van der Waals surface area contributed by atoms with Gasteiger partial charge in [-0.3, -0.25) is 14.4 Å². The molecule has 2 aromatic carbocycles. The first-order valence-corrected chi connectivity index (χ1v) is 22.1. The number of phenols is 1. The zero-order valence-electron chi connectivity index (χ0n) is 37.5. The van der Waals surface area contributed by atoms with Gasteiger partial charge in [0.1, 0.15) is 61.5 Å². The first-order chi connectivity index (χ1) is 33.5. The molecule has 7 rings (SSSR count). The minimum Gasteiger partial charge on any atom is -0.504 e. The summed E-state index contributed by atoms with van der Waals surface area (Å²) in [6.07, 6.45) is -23.4. The number of aliphatic hydroxyl groups is 7. The Balaban J connectivity index is 1.19. The largest absolute Gasteiger partial charge is 0.504 e. The number of fused-ring (bicyclic) bond motifs is 1. The monoisotopic (exact) mass is 990 g/mol. The number of carbonyl (C=O) groups excluding carboxylic acids is 5. The van der Waals surface area contributed by atoms with Gasteiger partial charge in [0.2, 0.25) is 18.9 Å². The number of benzene rings is 2. The molecule has 0 saturated carbocycles. The van der Waals surface area contributed by atoms with Crippen molar-refractivity contribution in [3.8, 4) is 11.5 Å². The minimum atomic E-state index is -2.07. The number of Topliss-reactive ketones (excluding diaryl/α,β-unsaturated/α-hetero) is 1. The first kappa shape index (κ1) is 52.2. The molecule has 24 nitrogen and oxygen atoms in total. The standard InChI is InChI=1S/C46H54O24/c1-4-22-23-13-14-60-42(59)25(23)17-62-43(22)70-46-40(68-41(58)21-9-6-5-7-10-21)39(63-20(3)50)30(29(67-46)18-61-19(2)49)32(52)24-11-8-12-26(31(24)51)64-44-37(57)35(55)38(28(16-48)66-44)69-45-36(56)34(54)33(53)27(15-47)65-45/h4-12,17,22-23,27-30,33-40,43-48,51,53-57H,1,13-16,18H2,2-3H3/t22-,23+,27-,28-,29-,30+,33+,34-,35+,36-,37-,38-,39-,40-,43+,44-,45+,46+/m1/s1. The van der Waals surface area contributed by atoms with E-state index < -0.39 is 177 Å². The fraction of sp³-hybridized carbons (Fsp3) is 0.543. The lowest BCUT2D eigenvalue weighted by Gasteiger charge is -2.46. The van der Waals surface area contributed by atoms with Crippen LogP contribution in [0.15, 0.2) is 73.0 Å². The van der Waals surface area contributed by atoms with Gasteiger partial charge in [-0.2, -0.15) is 0 Å². The summed E-state index contributed by atoms with van der Waals surface area (Å²) < 4.78 is 63.1. The third-order valence-electron chi connectivity index (χ3n) is 12.4. The van der Waals surface area contributed by atoms with E-state index in [0.29, 0.717) is 6.42 Å². The molecule has 382 valence electrons. The zero-order chi connectivity index (χ0) is 50.6. The molecule has 8 N–H and O–H groups in total. The van der Waals surface area contributed by atoms with Gasteiger partial charge >= 0.3 is 23.9 Å². The van der Waals surface area contributed by atoms with Crippen LogP contribution in [0.3, 0.4) is 0 Å². The highest BCUT2D eigenvalue weighted by Crippen LogP contribution is 2.43. The number of ether oxygens (including phenoxy) is 11. The number of phenolic OH excluding ortho intramolecular Hbond substituents is 1. The Morgan fingerprint density at radius 2 is 1.41 bits per heavy atom. The van der Waals surface area contributed by atoms with E-state index in [0.717, 1.165) is 32.2 Å². The van der Waals surface area contributed by atoms with Crippen molar-refractivity contribution in [2.45, 2.75) is 113 Å². The van der Waals surface area contributed by atoms with Gasteiger partial charge in [-0.25, -0.2) is 9.59 Å². The van der Waals surface area contributed by atoms with Crippen molar-refractivity contribution < 1.29 is 117 Å². The number of esters is 4. The Kier molecular flexibility index (Phi) is 16.9. The van der Waals surface area contributed by atoms with Crippen LogP contribution in [-0.4, -0.2) is 189 Å². The van der Waals surface area contributed by atoms with Crippen molar-refractivity contribution in [2.75, 3.05) is 26.4 Å². The fourth-order valence-electron chi connectivity index (χ4n) is 8.82. The van der Waals surface area contributed by atoms with Crippen LogP contribution in [-0.2, 0) is 61.8 Å². The van der Waals surface area contributed by atoms with Crippen LogP contribution in [0.4, 0.5) is 0 Å². The lowest BCUT2D eigenvalue weighted by atomic mass is 9.80. The van der Waals surface area contributed by atoms with Crippen molar-refractivity contribution in [3.05, 3.63) is 84.1 Å². The Bertz CT molecular complexity index is 2230. The van der Waals surface area contributed by atoms with E-state index in [-0.39, 0.29) is 17.7 Å². The van der Waals surface area contributed by atoms with Crippen LogP contribution in [0.2, 0.25) is 0 Å². The van der Waals surface area contributed by atoms with Crippen molar-refractivity contribution in [1.29, 1.82) is 0 Å². The number of cyclic esters (lactones) is 1. The third kappa shape index (κ3) is 11.0. The SMILES string of the molecule is C=C[C@H]1[C@H](O[C@@H]2O[C@H](COC(C)=O)[C@@H](C(=O)c3cccc(O[C@@H]4O[C@H](CO)[C@@H](O[C@@H]5O[C@H](CO)[C@H](O)[C@@H](O)[C@H]5O)[C@@H](O)[C@H]4O)c3O)[C@@H](OC(C)=O)[C@H]2OC(=O)c2ccccc2)OC=C2C(=O)OCC[C@H]21. The molecule has 5 aliphatic rings. The molecule has 0 radical (unpaired) electrons. The van der Waals surface area contributed by atoms with Crippen LogP contribution in [0.1, 0.15) is 41.0 Å². The molecule has 70 heavy (non-hydrogen) atoms. The smallest absolute Gasteiger partial charge is 0.338 e. The van der Waals surface area contributed by atoms with E-state index in [4.69, 9.17) is 52.1 Å². The van der Waals surface area contributed by atoms with Gasteiger partial charge in [0.05, 0.1) is 48.7 Å². The highest BCUT2D eigenvalue weighted by atomic mass is 16.8. The van der Waals surface area contributed by atoms with E-state index in [2.05, 4.69) is 6.58 Å². The summed E-state index contributed by atoms with van der Waals surface area (Å²) in [4.78, 5) is 66.7. The van der Waals surface area contributed by atoms with Crippen molar-refractivity contribution in [2.24, 2.45) is 17.8 Å². The minimum absolute atomic E-state index is 0.0221. The van der Waals surface area contributed by atoms with Crippen LogP contribution in [0, 0.1) is 17.8 Å². The molecule has 0 unspecified atom stereocenters. The highest BCUT2D eigenvalue weighted by Gasteiger charge is 2.57. The van der Waals surface area contributed by atoms with Gasteiger partial charge in [-0.1, -0.05) is 30.3 Å². The van der Waals surface area contributed by atoms with Crippen LogP contribution < -0.4 is 4.74 Å². The van der Waals surface area contributed by atoms with Gasteiger partial charge in [-0.15, -0.1) is 6.58 Å². The number of hydrogen-bond donors (Lipinski definition) is 8. The molecule has 0 amide bonds. The van der Waals surface area contributed by atoms with E-state index in [1.54, 1.807) is 18.2 Å². The summed E-state index contributed by atoms with van der Waals surface area (Å²) in [5, 5.41) is 84.8. The van der Waals surface area contributed by atoms with E-state index in [1.807, 2.05) is 0 Å². The number of rotatable bonds is 16. The molecule has 24 heteroatoms. The number of carbonyl (C=O) groups is 5. The molecular weight excluding hydrogens is 936 g/mol. The molecule has 18 atom stereocenters. The molecule has 5 aliphatic heterocycles. The Morgan fingerprint density at radius 3 is 2.09 bits per heavy atom. The van der Waals surface area contributed by atoms with Gasteiger partial charge in [0.15, 0.2) is 35.8 Å². The maximum atomic E-state index is 15.0. The summed E-state index contributed by atoms with van der Waals surface area (Å²) in [6.45, 7) is 3.61. The average Bonchev–Trinajstić information content (AvgIpc) is 3.34. The number of hydrogen-bond acceptors (Lipinski definition) is 24. The Labute approximate surface area is 398 Å². The molecular formula is C46H54O24. The van der Waals surface area contributed by atoms with E-state index >= 15 is 4.79 Å². The molecule has 0 bridgehead atoms. The normalized spacial score (nSPS) is 36.2.